The Morgan fingerprint density at radius 3 is 1.93 bits per heavy atom. The minimum absolute atomic E-state index is 0.0584. The molecule has 8 nitrogen and oxygen atoms in total. The Kier molecular flexibility index (Phi) is 8.00. The highest BCUT2D eigenvalue weighted by molar-refractivity contribution is 6.08. The van der Waals surface area contributed by atoms with E-state index in [1.54, 1.807) is 45.0 Å². The van der Waals surface area contributed by atoms with E-state index in [1.807, 2.05) is 79.9 Å². The van der Waals surface area contributed by atoms with Gasteiger partial charge in [-0.2, -0.15) is 0 Å². The van der Waals surface area contributed by atoms with Gasteiger partial charge in [0.05, 0.1) is 5.52 Å². The number of nitrogens with one attached hydrogen (secondary N) is 3. The Morgan fingerprint density at radius 1 is 0.725 bits per heavy atom. The fourth-order valence-corrected chi connectivity index (χ4v) is 4.26. The molecule has 1 aromatic heterocycles. The Labute approximate surface area is 234 Å². The second kappa shape index (κ2) is 11.3. The third-order valence-electron chi connectivity index (χ3n) is 5.81. The summed E-state index contributed by atoms with van der Waals surface area (Å²) in [5.74, 6) is -0.358. The van der Waals surface area contributed by atoms with Gasteiger partial charge in [-0.25, -0.2) is 4.79 Å². The highest BCUT2D eigenvalue weighted by Crippen LogP contribution is 2.29. The molecule has 0 bridgehead atoms. The molecule has 4 aromatic rings. The third kappa shape index (κ3) is 7.50. The monoisotopic (exact) mass is 540 g/mol. The summed E-state index contributed by atoms with van der Waals surface area (Å²) in [6.07, 6.45) is -0.152. The SMILES string of the molecule is CC(C)(C)CC(=O)Nc1ccc2c(c1)cc(C(=O)Nc1ccc(NC(=O)OC(C)(C)C)cc1)n2-c1ccccc1. The number of amides is 3. The van der Waals surface area contributed by atoms with Gasteiger partial charge in [0.2, 0.25) is 5.91 Å². The third-order valence-corrected chi connectivity index (χ3v) is 5.81. The number of aromatic nitrogens is 1. The van der Waals surface area contributed by atoms with E-state index in [9.17, 15) is 14.4 Å². The summed E-state index contributed by atoms with van der Waals surface area (Å²) in [6.45, 7) is 11.4. The maximum absolute atomic E-state index is 13.5. The number of carbonyl (C=O) groups is 3. The number of hydrogen-bond donors (Lipinski definition) is 3. The van der Waals surface area contributed by atoms with Gasteiger partial charge in [0.1, 0.15) is 11.3 Å². The predicted octanol–water partition coefficient (Wildman–Crippen LogP) is 7.60. The van der Waals surface area contributed by atoms with Gasteiger partial charge in [-0.05, 0) is 86.8 Å². The van der Waals surface area contributed by atoms with E-state index in [2.05, 4.69) is 16.0 Å². The molecule has 3 amide bonds. The first-order chi connectivity index (χ1) is 18.8. The molecule has 40 heavy (non-hydrogen) atoms. The lowest BCUT2D eigenvalue weighted by Crippen LogP contribution is -2.27. The van der Waals surface area contributed by atoms with Gasteiger partial charge in [0.25, 0.3) is 5.91 Å². The first-order valence-corrected chi connectivity index (χ1v) is 13.2. The number of ether oxygens (including phenoxy) is 1. The molecule has 0 fully saturated rings. The average molecular weight is 541 g/mol. The van der Waals surface area contributed by atoms with Gasteiger partial charge in [-0.15, -0.1) is 0 Å². The summed E-state index contributed by atoms with van der Waals surface area (Å²) in [5.41, 5.74) is 3.17. The van der Waals surface area contributed by atoms with Gasteiger partial charge in [0, 0.05) is 34.6 Å². The van der Waals surface area contributed by atoms with Crippen molar-refractivity contribution < 1.29 is 19.1 Å². The number of nitrogens with zero attached hydrogens (tertiary/aromatic N) is 1. The van der Waals surface area contributed by atoms with Gasteiger partial charge in [-0.3, -0.25) is 14.9 Å². The van der Waals surface area contributed by atoms with Gasteiger partial charge >= 0.3 is 6.09 Å². The Morgan fingerprint density at radius 2 is 1.32 bits per heavy atom. The van der Waals surface area contributed by atoms with Crippen LogP contribution in [-0.4, -0.2) is 28.1 Å². The van der Waals surface area contributed by atoms with Crippen LogP contribution < -0.4 is 16.0 Å². The van der Waals surface area contributed by atoms with Gasteiger partial charge in [0.15, 0.2) is 0 Å². The number of carbonyl (C=O) groups excluding carboxylic acids is 3. The van der Waals surface area contributed by atoms with E-state index in [-0.39, 0.29) is 17.2 Å². The van der Waals surface area contributed by atoms with Crippen molar-refractivity contribution in [1.82, 2.24) is 4.57 Å². The number of hydrogen-bond acceptors (Lipinski definition) is 4. The largest absolute Gasteiger partial charge is 0.444 e. The van der Waals surface area contributed by atoms with Crippen LogP contribution in [0, 0.1) is 5.41 Å². The highest BCUT2D eigenvalue weighted by Gasteiger charge is 2.20. The Hall–Kier alpha value is -4.59. The van der Waals surface area contributed by atoms with Crippen LogP contribution >= 0.6 is 0 Å². The van der Waals surface area contributed by atoms with Crippen LogP contribution in [0.4, 0.5) is 21.9 Å². The molecule has 8 heteroatoms. The minimum atomic E-state index is -0.603. The molecule has 0 saturated heterocycles. The van der Waals surface area contributed by atoms with Crippen molar-refractivity contribution in [3.8, 4) is 5.69 Å². The number of para-hydroxylation sites is 1. The first kappa shape index (κ1) is 28.4. The van der Waals surface area contributed by atoms with Crippen LogP contribution in [-0.2, 0) is 9.53 Å². The van der Waals surface area contributed by atoms with Crippen LogP contribution in [0.15, 0.2) is 78.9 Å². The van der Waals surface area contributed by atoms with E-state index in [0.717, 1.165) is 16.6 Å². The van der Waals surface area contributed by atoms with Crippen molar-refractivity contribution in [2.45, 2.75) is 53.6 Å². The second-order valence-corrected chi connectivity index (χ2v) is 11.9. The van der Waals surface area contributed by atoms with E-state index in [1.165, 1.54) is 0 Å². The number of rotatable bonds is 6. The van der Waals surface area contributed by atoms with Crippen LogP contribution in [0.1, 0.15) is 58.5 Å². The van der Waals surface area contributed by atoms with E-state index >= 15 is 0 Å². The zero-order valence-electron chi connectivity index (χ0n) is 23.8. The molecule has 3 aromatic carbocycles. The maximum atomic E-state index is 13.5. The van der Waals surface area contributed by atoms with E-state index in [0.29, 0.717) is 29.2 Å². The van der Waals surface area contributed by atoms with Crippen LogP contribution in [0.25, 0.3) is 16.6 Å². The maximum Gasteiger partial charge on any atom is 0.412 e. The number of fused-ring (bicyclic) bond motifs is 1. The normalized spacial score (nSPS) is 11.7. The molecule has 0 aliphatic heterocycles. The van der Waals surface area contributed by atoms with Crippen molar-refractivity contribution in [3.05, 3.63) is 84.6 Å². The predicted molar refractivity (Wildman–Crippen MR) is 160 cm³/mol. The zero-order valence-corrected chi connectivity index (χ0v) is 23.8. The summed E-state index contributed by atoms with van der Waals surface area (Å²) in [5, 5.41) is 9.42. The summed E-state index contributed by atoms with van der Waals surface area (Å²) >= 11 is 0. The molecule has 0 aliphatic carbocycles. The molecule has 0 aliphatic rings. The van der Waals surface area contributed by atoms with Crippen LogP contribution in [0.3, 0.4) is 0 Å². The van der Waals surface area contributed by atoms with Gasteiger partial charge < -0.3 is 19.9 Å². The fourth-order valence-electron chi connectivity index (χ4n) is 4.26. The molecule has 3 N–H and O–H groups in total. The summed E-state index contributed by atoms with van der Waals surface area (Å²) in [7, 11) is 0. The first-order valence-electron chi connectivity index (χ1n) is 13.2. The van der Waals surface area contributed by atoms with E-state index < -0.39 is 11.7 Å². The lowest BCUT2D eigenvalue weighted by atomic mass is 9.92. The molecule has 0 atom stereocenters. The van der Waals surface area contributed by atoms with Gasteiger partial charge in [-0.1, -0.05) is 39.0 Å². The quantitative estimate of drug-likeness (QED) is 0.234. The summed E-state index contributed by atoms with van der Waals surface area (Å²) in [4.78, 5) is 38.1. The van der Waals surface area contributed by atoms with Crippen molar-refractivity contribution >= 4 is 45.9 Å². The van der Waals surface area contributed by atoms with Crippen molar-refractivity contribution in [1.29, 1.82) is 0 Å². The lowest BCUT2D eigenvalue weighted by molar-refractivity contribution is -0.117. The molecule has 0 radical (unpaired) electrons. The van der Waals surface area contributed by atoms with Crippen molar-refractivity contribution in [2.75, 3.05) is 16.0 Å². The molecule has 1 heterocycles. The standard InChI is InChI=1S/C32H36N4O4/c1-31(2,3)20-28(37)33-24-16-17-26-21(18-24)19-27(36(26)25-10-8-7-9-11-25)29(38)34-22-12-14-23(15-13-22)35-30(39)40-32(4,5)6/h7-19H,20H2,1-6H3,(H,33,37)(H,34,38)(H,35,39). The van der Waals surface area contributed by atoms with E-state index in [4.69, 9.17) is 4.74 Å². The average Bonchev–Trinajstić information content (AvgIpc) is 3.22. The Balaban J connectivity index is 1.59. The number of anilines is 3. The molecule has 0 unspecified atom stereocenters. The van der Waals surface area contributed by atoms with Crippen molar-refractivity contribution in [3.63, 3.8) is 0 Å². The Bertz CT molecular complexity index is 1530. The summed E-state index contributed by atoms with van der Waals surface area (Å²) < 4.78 is 7.18. The molecule has 0 saturated carbocycles. The lowest BCUT2D eigenvalue weighted by Gasteiger charge is -2.19. The minimum Gasteiger partial charge on any atom is -0.444 e. The smallest absolute Gasteiger partial charge is 0.412 e. The summed E-state index contributed by atoms with van der Waals surface area (Å²) in [6, 6.07) is 23.9. The molecule has 208 valence electrons. The highest BCUT2D eigenvalue weighted by atomic mass is 16.6. The zero-order chi connectivity index (χ0) is 29.1. The van der Waals surface area contributed by atoms with Crippen LogP contribution in [0.5, 0.6) is 0 Å². The topological polar surface area (TPSA) is 101 Å². The molecular weight excluding hydrogens is 504 g/mol. The molecule has 4 rings (SSSR count). The molecule has 0 spiro atoms. The molecular formula is C32H36N4O4. The fraction of sp³-hybridized carbons (Fsp3) is 0.281. The van der Waals surface area contributed by atoms with Crippen LogP contribution in [0.2, 0.25) is 0 Å². The second-order valence-electron chi connectivity index (χ2n) is 11.9. The number of benzene rings is 3. The van der Waals surface area contributed by atoms with Crippen molar-refractivity contribution in [2.24, 2.45) is 5.41 Å².